The van der Waals surface area contributed by atoms with E-state index in [4.69, 9.17) is 4.74 Å². The molecule has 2 aromatic rings. The van der Waals surface area contributed by atoms with Gasteiger partial charge in [0.1, 0.15) is 16.9 Å². The second-order valence-electron chi connectivity index (χ2n) is 4.23. The largest absolute Gasteiger partial charge is 0.391 e. The van der Waals surface area contributed by atoms with Gasteiger partial charge in [-0.15, -0.1) is 11.8 Å². The van der Waals surface area contributed by atoms with E-state index in [2.05, 4.69) is 15.0 Å². The zero-order chi connectivity index (χ0) is 12.6. The number of nitrogens with zero attached hydrogens (tertiary/aromatic N) is 4. The number of fused-ring (bicyclic) bond motifs is 1. The second-order valence-corrected chi connectivity index (χ2v) is 5.02. The van der Waals surface area contributed by atoms with Crippen molar-refractivity contribution in [2.75, 3.05) is 19.5 Å². The van der Waals surface area contributed by atoms with Gasteiger partial charge in [0.05, 0.1) is 12.9 Å². The standard InChI is InChI=1S/C11H14N4O2S/c1-18-10-8-9(12-6-13-10)15(7-14-8)11(5-16)3-2-4-17-11/h6-7,16H,2-5H2,1H3/t11-/m1/s1. The van der Waals surface area contributed by atoms with Crippen molar-refractivity contribution in [3.63, 3.8) is 0 Å². The van der Waals surface area contributed by atoms with Gasteiger partial charge in [0.15, 0.2) is 11.4 Å². The highest BCUT2D eigenvalue weighted by atomic mass is 32.2. The van der Waals surface area contributed by atoms with E-state index < -0.39 is 5.72 Å². The van der Waals surface area contributed by atoms with Gasteiger partial charge >= 0.3 is 0 Å². The Kier molecular flexibility index (Phi) is 2.96. The third-order valence-corrected chi connectivity index (χ3v) is 3.95. The van der Waals surface area contributed by atoms with E-state index in [1.807, 2.05) is 10.8 Å². The van der Waals surface area contributed by atoms with E-state index in [-0.39, 0.29) is 6.61 Å². The minimum absolute atomic E-state index is 0.0724. The number of aromatic nitrogens is 4. The summed E-state index contributed by atoms with van der Waals surface area (Å²) in [7, 11) is 0. The van der Waals surface area contributed by atoms with Crippen LogP contribution in [0.1, 0.15) is 12.8 Å². The maximum absolute atomic E-state index is 9.65. The van der Waals surface area contributed by atoms with Crippen molar-refractivity contribution in [1.29, 1.82) is 0 Å². The molecule has 18 heavy (non-hydrogen) atoms. The molecule has 0 aromatic carbocycles. The van der Waals surface area contributed by atoms with Crippen LogP contribution in [0.2, 0.25) is 0 Å². The average molecular weight is 266 g/mol. The van der Waals surface area contributed by atoms with Crippen molar-refractivity contribution < 1.29 is 9.84 Å². The van der Waals surface area contributed by atoms with Crippen LogP contribution in [0.5, 0.6) is 0 Å². The van der Waals surface area contributed by atoms with E-state index in [0.717, 1.165) is 23.4 Å². The summed E-state index contributed by atoms with van der Waals surface area (Å²) in [5.74, 6) is 0. The smallest absolute Gasteiger partial charge is 0.170 e. The van der Waals surface area contributed by atoms with Crippen molar-refractivity contribution in [2.45, 2.75) is 23.6 Å². The number of thioether (sulfide) groups is 1. The van der Waals surface area contributed by atoms with Gasteiger partial charge in [0.25, 0.3) is 0 Å². The summed E-state index contributed by atoms with van der Waals surface area (Å²) >= 11 is 1.53. The van der Waals surface area contributed by atoms with Gasteiger partial charge in [-0.05, 0) is 12.7 Å². The molecule has 1 aliphatic heterocycles. The first-order valence-electron chi connectivity index (χ1n) is 5.78. The maximum Gasteiger partial charge on any atom is 0.170 e. The molecule has 1 atom stereocenters. The summed E-state index contributed by atoms with van der Waals surface area (Å²) in [6.45, 7) is 0.581. The van der Waals surface area contributed by atoms with Gasteiger partial charge in [0, 0.05) is 13.0 Å². The van der Waals surface area contributed by atoms with Gasteiger partial charge < -0.3 is 9.84 Å². The van der Waals surface area contributed by atoms with Crippen LogP contribution in [0.15, 0.2) is 17.7 Å². The summed E-state index contributed by atoms with van der Waals surface area (Å²) < 4.78 is 7.55. The van der Waals surface area contributed by atoms with Crippen LogP contribution in [0.4, 0.5) is 0 Å². The van der Waals surface area contributed by atoms with E-state index >= 15 is 0 Å². The minimum atomic E-state index is -0.710. The van der Waals surface area contributed by atoms with E-state index in [0.29, 0.717) is 12.3 Å². The normalized spacial score (nSPS) is 23.9. The monoisotopic (exact) mass is 266 g/mol. The van der Waals surface area contributed by atoms with Gasteiger partial charge in [-0.3, -0.25) is 4.57 Å². The summed E-state index contributed by atoms with van der Waals surface area (Å²) in [5.41, 5.74) is 0.761. The molecule has 0 aliphatic carbocycles. The minimum Gasteiger partial charge on any atom is -0.391 e. The molecule has 0 unspecified atom stereocenters. The van der Waals surface area contributed by atoms with Crippen molar-refractivity contribution in [3.05, 3.63) is 12.7 Å². The summed E-state index contributed by atoms with van der Waals surface area (Å²) in [6, 6.07) is 0. The lowest BCUT2D eigenvalue weighted by molar-refractivity contribution is -0.0966. The molecule has 7 heteroatoms. The Morgan fingerprint density at radius 3 is 3.06 bits per heavy atom. The number of ether oxygens (including phenoxy) is 1. The van der Waals surface area contributed by atoms with Crippen molar-refractivity contribution in [1.82, 2.24) is 19.5 Å². The molecule has 1 fully saturated rings. The molecule has 0 bridgehead atoms. The van der Waals surface area contributed by atoms with Gasteiger partial charge in [-0.1, -0.05) is 0 Å². The second kappa shape index (κ2) is 4.49. The van der Waals surface area contributed by atoms with Gasteiger partial charge in [-0.2, -0.15) is 0 Å². The Morgan fingerprint density at radius 2 is 2.39 bits per heavy atom. The molecule has 6 nitrogen and oxygen atoms in total. The van der Waals surface area contributed by atoms with Crippen LogP contribution in [-0.4, -0.2) is 44.1 Å². The van der Waals surface area contributed by atoms with Crippen molar-refractivity contribution >= 4 is 22.9 Å². The molecule has 2 aromatic heterocycles. The van der Waals surface area contributed by atoms with Crippen LogP contribution in [-0.2, 0) is 10.5 Å². The number of aliphatic hydroxyl groups excluding tert-OH is 1. The van der Waals surface area contributed by atoms with Crippen LogP contribution in [0.25, 0.3) is 11.2 Å². The highest BCUT2D eigenvalue weighted by molar-refractivity contribution is 7.98. The quantitative estimate of drug-likeness (QED) is 0.660. The lowest BCUT2D eigenvalue weighted by Crippen LogP contribution is -2.36. The first-order valence-corrected chi connectivity index (χ1v) is 7.00. The molecule has 3 heterocycles. The Labute approximate surface area is 108 Å². The van der Waals surface area contributed by atoms with E-state index in [9.17, 15) is 5.11 Å². The number of hydrogen-bond donors (Lipinski definition) is 1. The predicted octanol–water partition coefficient (Wildman–Crippen LogP) is 1.00. The van der Waals surface area contributed by atoms with Crippen LogP contribution in [0, 0.1) is 0 Å². The van der Waals surface area contributed by atoms with Crippen LogP contribution >= 0.6 is 11.8 Å². The molecule has 0 amide bonds. The fraction of sp³-hybridized carbons (Fsp3) is 0.545. The molecule has 3 rings (SSSR count). The van der Waals surface area contributed by atoms with Crippen molar-refractivity contribution in [2.24, 2.45) is 0 Å². The SMILES string of the molecule is CSc1ncnc2c1ncn2[C@]1(CO)CCCO1. The third-order valence-electron chi connectivity index (χ3n) is 3.26. The number of rotatable bonds is 3. The topological polar surface area (TPSA) is 73.1 Å². The third kappa shape index (κ3) is 1.62. The molecule has 96 valence electrons. The Balaban J connectivity index is 2.18. The molecule has 1 aliphatic rings. The number of imidazole rings is 1. The highest BCUT2D eigenvalue weighted by Gasteiger charge is 2.38. The fourth-order valence-electron chi connectivity index (χ4n) is 2.33. The zero-order valence-corrected chi connectivity index (χ0v) is 10.9. The lowest BCUT2D eigenvalue weighted by Gasteiger charge is -2.27. The molecular weight excluding hydrogens is 252 g/mol. The molecule has 1 saturated heterocycles. The Morgan fingerprint density at radius 1 is 1.50 bits per heavy atom. The van der Waals surface area contributed by atoms with Crippen LogP contribution in [0.3, 0.4) is 0 Å². The van der Waals surface area contributed by atoms with Crippen molar-refractivity contribution in [3.8, 4) is 0 Å². The molecule has 0 saturated carbocycles. The number of hydrogen-bond acceptors (Lipinski definition) is 6. The Hall–Kier alpha value is -1.18. The average Bonchev–Trinajstić information content (AvgIpc) is 3.05. The van der Waals surface area contributed by atoms with Crippen LogP contribution < -0.4 is 0 Å². The summed E-state index contributed by atoms with van der Waals surface area (Å²) in [6.07, 6.45) is 6.86. The molecule has 0 radical (unpaired) electrons. The molecule has 0 spiro atoms. The first kappa shape index (κ1) is 11.9. The predicted molar refractivity (Wildman–Crippen MR) is 67.3 cm³/mol. The Bertz CT molecular complexity index is 565. The van der Waals surface area contributed by atoms with E-state index in [1.165, 1.54) is 18.1 Å². The molecule has 1 N–H and O–H groups in total. The summed E-state index contributed by atoms with van der Waals surface area (Å²) in [4.78, 5) is 12.8. The van der Waals surface area contributed by atoms with Gasteiger partial charge in [-0.25, -0.2) is 15.0 Å². The highest BCUT2D eigenvalue weighted by Crippen LogP contribution is 2.33. The maximum atomic E-state index is 9.65. The van der Waals surface area contributed by atoms with E-state index in [1.54, 1.807) is 6.33 Å². The number of aliphatic hydroxyl groups is 1. The summed E-state index contributed by atoms with van der Waals surface area (Å²) in [5, 5.41) is 10.5. The van der Waals surface area contributed by atoms with Gasteiger partial charge in [0.2, 0.25) is 0 Å². The first-order chi connectivity index (χ1) is 8.80. The lowest BCUT2D eigenvalue weighted by atomic mass is 10.1. The fourth-order valence-corrected chi connectivity index (χ4v) is 2.82. The molecular formula is C11H14N4O2S. The zero-order valence-electron chi connectivity index (χ0n) is 10.0.